The number of hydrogen-bond donors (Lipinski definition) is 0. The quantitative estimate of drug-likeness (QED) is 0.478. The molecule has 0 atom stereocenters. The molecule has 25 heavy (non-hydrogen) atoms. The summed E-state index contributed by atoms with van der Waals surface area (Å²) in [5.74, 6) is 0. The number of pyridine rings is 3. The summed E-state index contributed by atoms with van der Waals surface area (Å²) in [6.07, 6.45) is 10.5. The van der Waals surface area contributed by atoms with Crippen LogP contribution in [0.25, 0.3) is 0 Å². The van der Waals surface area contributed by atoms with Crippen LogP contribution in [0.2, 0.25) is 0 Å². The van der Waals surface area contributed by atoms with Gasteiger partial charge in [0.25, 0.3) is 0 Å². The van der Waals surface area contributed by atoms with Crippen LogP contribution in [0.1, 0.15) is 13.8 Å². The van der Waals surface area contributed by atoms with Crippen LogP contribution in [-0.2, 0) is 15.6 Å². The van der Waals surface area contributed by atoms with Crippen LogP contribution in [0.15, 0.2) is 95.2 Å². The molecule has 7 heteroatoms. The van der Waals surface area contributed by atoms with Gasteiger partial charge < -0.3 is 0 Å². The van der Waals surface area contributed by atoms with Crippen molar-refractivity contribution >= 4 is 18.6 Å². The first-order valence-corrected chi connectivity index (χ1v) is 12.6. The average Bonchev–Trinajstić information content (AvgIpc) is 2.66. The minimum atomic E-state index is -1.88. The largest absolute Gasteiger partial charge is 0.265 e. The Morgan fingerprint density at radius 2 is 0.880 bits per heavy atom. The summed E-state index contributed by atoms with van der Waals surface area (Å²) in [6, 6.07) is 17.5. The van der Waals surface area contributed by atoms with E-state index in [1.807, 2.05) is 68.4 Å². The van der Waals surface area contributed by atoms with Gasteiger partial charge in [0, 0.05) is 37.2 Å². The molecule has 0 amide bonds. The molecule has 0 radical (unpaired) electrons. The predicted molar refractivity (Wildman–Crippen MR) is 102 cm³/mol. The van der Waals surface area contributed by atoms with E-state index in [9.17, 15) is 0 Å². The maximum Gasteiger partial charge on any atom is 0.0267 e. The Morgan fingerprint density at radius 3 is 0.920 bits per heavy atom. The van der Waals surface area contributed by atoms with E-state index >= 15 is 0 Å². The third-order valence-corrected chi connectivity index (χ3v) is 3.97. The molecule has 0 aliphatic rings. The molecule has 132 valence electrons. The SMILES string of the molecule is CC(C)[N]=[Ti]([Cl])[Cl].c1ccncc1.c1ccncc1.c1ccncc1. The summed E-state index contributed by atoms with van der Waals surface area (Å²) < 4.78 is 3.98. The fourth-order valence-corrected chi connectivity index (χ4v) is 3.35. The average molecular weight is 413 g/mol. The number of nitrogens with zero attached hydrogens (tertiary/aromatic N) is 4. The summed E-state index contributed by atoms with van der Waals surface area (Å²) in [7, 11) is 10.9. The van der Waals surface area contributed by atoms with E-state index in [2.05, 4.69) is 18.4 Å². The molecule has 3 aromatic rings. The van der Waals surface area contributed by atoms with Crippen molar-refractivity contribution in [2.75, 3.05) is 0 Å². The van der Waals surface area contributed by atoms with E-state index in [1.165, 1.54) is 0 Å². The Kier molecular flexibility index (Phi) is 17.8. The molecule has 3 rings (SSSR count). The molecular weight excluding hydrogens is 391 g/mol. The molecule has 3 heterocycles. The summed E-state index contributed by atoms with van der Waals surface area (Å²) in [6.45, 7) is 3.94. The van der Waals surface area contributed by atoms with Crippen LogP contribution in [0.5, 0.6) is 0 Å². The molecular formula is C18H22Cl2N4Ti. The molecule has 0 N–H and O–H groups in total. The van der Waals surface area contributed by atoms with E-state index in [0.717, 1.165) is 0 Å². The fraction of sp³-hybridized carbons (Fsp3) is 0.167. The third-order valence-electron chi connectivity index (χ3n) is 2.06. The molecule has 0 aliphatic heterocycles. The molecule has 0 spiro atoms. The Hall–Kier alpha value is -1.46. The van der Waals surface area contributed by atoms with Crippen LogP contribution >= 0.6 is 18.6 Å². The number of halogens is 2. The van der Waals surface area contributed by atoms with Gasteiger partial charge in [0.2, 0.25) is 0 Å². The standard InChI is InChI=1S/3C5H5N.C3H7N.2ClH.Ti/c3*1-2-4-6-5-3-1;1-3(2)4;;;/h3*1-5H;3H,1-2H3;2*1H;/q;;;;;;+2/p-2. The third kappa shape index (κ3) is 22.5. The van der Waals surface area contributed by atoms with E-state index in [1.54, 1.807) is 37.2 Å². The van der Waals surface area contributed by atoms with Gasteiger partial charge in [-0.15, -0.1) is 0 Å². The van der Waals surface area contributed by atoms with Crippen LogP contribution in [0.3, 0.4) is 0 Å². The molecule has 0 saturated carbocycles. The van der Waals surface area contributed by atoms with Crippen LogP contribution in [0, 0.1) is 0 Å². The molecule has 0 aromatic carbocycles. The minimum Gasteiger partial charge on any atom is -0.265 e. The number of hydrogen-bond acceptors (Lipinski definition) is 4. The van der Waals surface area contributed by atoms with Gasteiger partial charge >= 0.3 is 57.5 Å². The molecule has 0 aliphatic carbocycles. The topological polar surface area (TPSA) is 51.0 Å². The summed E-state index contributed by atoms with van der Waals surface area (Å²) in [4.78, 5) is 11.4. The van der Waals surface area contributed by atoms with E-state index < -0.39 is 15.6 Å². The van der Waals surface area contributed by atoms with Crippen molar-refractivity contribution in [3.05, 3.63) is 91.8 Å². The van der Waals surface area contributed by atoms with Gasteiger partial charge in [-0.25, -0.2) is 0 Å². The Morgan fingerprint density at radius 1 is 0.600 bits per heavy atom. The Balaban J connectivity index is 0.000000307. The zero-order valence-corrected chi connectivity index (χ0v) is 17.4. The van der Waals surface area contributed by atoms with E-state index in [-0.39, 0.29) is 0 Å². The molecule has 3 aromatic heterocycles. The van der Waals surface area contributed by atoms with Gasteiger partial charge in [0.05, 0.1) is 0 Å². The first-order chi connectivity index (χ1) is 12.1. The molecule has 0 fully saturated rings. The Labute approximate surface area is 163 Å². The van der Waals surface area contributed by atoms with Crippen molar-refractivity contribution in [2.24, 2.45) is 3.42 Å². The van der Waals surface area contributed by atoms with Crippen LogP contribution in [-0.4, -0.2) is 21.0 Å². The van der Waals surface area contributed by atoms with Gasteiger partial charge in [-0.3, -0.25) is 15.0 Å². The number of rotatable bonds is 1. The molecule has 0 bridgehead atoms. The van der Waals surface area contributed by atoms with Crippen molar-refractivity contribution in [2.45, 2.75) is 19.9 Å². The van der Waals surface area contributed by atoms with Gasteiger partial charge in [-0.2, -0.15) is 0 Å². The van der Waals surface area contributed by atoms with E-state index in [4.69, 9.17) is 18.6 Å². The first kappa shape index (κ1) is 23.5. The van der Waals surface area contributed by atoms with Gasteiger partial charge in [0.1, 0.15) is 0 Å². The summed E-state index contributed by atoms with van der Waals surface area (Å²) in [5.41, 5.74) is 0. The second-order valence-corrected chi connectivity index (χ2v) is 9.44. The van der Waals surface area contributed by atoms with Crippen molar-refractivity contribution in [1.29, 1.82) is 0 Å². The van der Waals surface area contributed by atoms with Gasteiger partial charge in [-0.1, -0.05) is 18.2 Å². The second-order valence-electron chi connectivity index (χ2n) is 4.54. The smallest absolute Gasteiger partial charge is 0.0267 e. The normalized spacial score (nSPS) is 8.36. The first-order valence-electron chi connectivity index (χ1n) is 7.56. The maximum absolute atomic E-state index is 5.44. The predicted octanol–water partition coefficient (Wildman–Crippen LogP) is 5.75. The summed E-state index contributed by atoms with van der Waals surface area (Å²) >= 11 is -1.88. The fourth-order valence-electron chi connectivity index (χ4n) is 1.13. The van der Waals surface area contributed by atoms with Crippen molar-refractivity contribution < 1.29 is 15.6 Å². The van der Waals surface area contributed by atoms with Gasteiger partial charge in [0.15, 0.2) is 0 Å². The summed E-state index contributed by atoms with van der Waals surface area (Å²) in [5, 5.41) is 0. The van der Waals surface area contributed by atoms with Crippen LogP contribution in [0.4, 0.5) is 0 Å². The second kappa shape index (κ2) is 18.9. The molecule has 4 nitrogen and oxygen atoms in total. The van der Waals surface area contributed by atoms with E-state index in [0.29, 0.717) is 6.04 Å². The van der Waals surface area contributed by atoms with Crippen LogP contribution < -0.4 is 0 Å². The van der Waals surface area contributed by atoms with Crippen molar-refractivity contribution in [3.63, 3.8) is 0 Å². The monoisotopic (exact) mass is 412 g/mol. The number of aromatic nitrogens is 3. The van der Waals surface area contributed by atoms with Crippen molar-refractivity contribution in [3.8, 4) is 0 Å². The van der Waals surface area contributed by atoms with Gasteiger partial charge in [-0.05, 0) is 36.4 Å². The minimum absolute atomic E-state index is 0.310. The molecule has 0 saturated heterocycles. The maximum atomic E-state index is 5.44. The zero-order valence-electron chi connectivity index (χ0n) is 14.3. The molecule has 0 unspecified atom stereocenters. The van der Waals surface area contributed by atoms with Crippen molar-refractivity contribution in [1.82, 2.24) is 15.0 Å². The zero-order chi connectivity index (χ0) is 18.6. The Bertz CT molecular complexity index is 467.